The van der Waals surface area contributed by atoms with E-state index in [0.717, 1.165) is 34.9 Å². The summed E-state index contributed by atoms with van der Waals surface area (Å²) in [6, 6.07) is 76.6. The van der Waals surface area contributed by atoms with Gasteiger partial charge in [0.05, 0.1) is 0 Å². The smallest absolute Gasteiger partial charge is 0.0468 e. The van der Waals surface area contributed by atoms with Crippen LogP contribution in [0.5, 0.6) is 0 Å². The third-order valence-corrected chi connectivity index (χ3v) is 14.1. The highest BCUT2D eigenvalue weighted by molar-refractivity contribution is 6.24. The van der Waals surface area contributed by atoms with Gasteiger partial charge in [-0.05, 0) is 155 Å². The molecule has 0 aromatic heterocycles. The van der Waals surface area contributed by atoms with Gasteiger partial charge >= 0.3 is 0 Å². The van der Waals surface area contributed by atoms with Crippen molar-refractivity contribution in [2.45, 2.75) is 32.6 Å². The standard InChI is InChI=1S/C66H52N2/c1-66(2,3)51-33-29-48(30-34-51)64-60-39-37-57(68(53-25-8-5-9-26-53)55-36-32-46-18-11-13-21-50(46)42-55)44-63(60)65(59-28-16-22-47-19-14-15-27-58(47)59)61-40-38-56(43-62(61)64)67(52-23-6-4-7-24-52)54-35-31-45-17-10-12-20-49(45)41-54/h4-41,43-44,50H,42H2,1-3H3. The van der Waals surface area contributed by atoms with Crippen LogP contribution in [0.1, 0.15) is 32.8 Å². The normalized spacial score (nSPS) is 14.5. The van der Waals surface area contributed by atoms with Crippen molar-refractivity contribution in [3.8, 4) is 22.3 Å². The first-order chi connectivity index (χ1) is 33.4. The summed E-state index contributed by atoms with van der Waals surface area (Å²) in [6.07, 6.45) is 14.5. The Balaban J connectivity index is 1.17. The number of nitrogens with zero attached hydrogens (tertiary/aromatic N) is 2. The highest BCUT2D eigenvalue weighted by Crippen LogP contribution is 2.50. The summed E-state index contributed by atoms with van der Waals surface area (Å²) in [5.41, 5.74) is 14.5. The van der Waals surface area contributed by atoms with Gasteiger partial charge in [-0.2, -0.15) is 0 Å². The maximum Gasteiger partial charge on any atom is 0.0468 e. The molecular formula is C66H52N2. The molecule has 1 unspecified atom stereocenters. The number of para-hydroxylation sites is 2. The summed E-state index contributed by atoms with van der Waals surface area (Å²) in [4.78, 5) is 4.90. The summed E-state index contributed by atoms with van der Waals surface area (Å²) < 4.78 is 0. The topological polar surface area (TPSA) is 6.48 Å². The number of hydrogen-bond donors (Lipinski definition) is 0. The molecule has 2 aliphatic carbocycles. The van der Waals surface area contributed by atoms with Crippen LogP contribution in [0.15, 0.2) is 254 Å². The minimum Gasteiger partial charge on any atom is -0.314 e. The lowest BCUT2D eigenvalue weighted by molar-refractivity contribution is 0.590. The van der Waals surface area contributed by atoms with Crippen LogP contribution >= 0.6 is 0 Å². The minimum atomic E-state index is 0.0212. The van der Waals surface area contributed by atoms with E-state index in [1.54, 1.807) is 0 Å². The third-order valence-electron chi connectivity index (χ3n) is 14.1. The fourth-order valence-electron chi connectivity index (χ4n) is 10.7. The molecule has 0 aliphatic heterocycles. The predicted octanol–water partition coefficient (Wildman–Crippen LogP) is 18.5. The minimum absolute atomic E-state index is 0.0212. The van der Waals surface area contributed by atoms with E-state index in [1.165, 1.54) is 82.2 Å². The molecule has 2 nitrogen and oxygen atoms in total. The van der Waals surface area contributed by atoms with Crippen molar-refractivity contribution >= 4 is 71.5 Å². The number of benzene rings is 10. The van der Waals surface area contributed by atoms with Crippen molar-refractivity contribution in [3.05, 3.63) is 260 Å². The first kappa shape index (κ1) is 41.2. The van der Waals surface area contributed by atoms with Gasteiger partial charge in [-0.1, -0.05) is 197 Å². The second kappa shape index (κ2) is 16.9. The second-order valence-electron chi connectivity index (χ2n) is 19.3. The zero-order chi connectivity index (χ0) is 45.8. The molecule has 68 heavy (non-hydrogen) atoms. The summed E-state index contributed by atoms with van der Waals surface area (Å²) >= 11 is 0. The highest BCUT2D eigenvalue weighted by atomic mass is 15.2. The van der Waals surface area contributed by atoms with E-state index in [9.17, 15) is 0 Å². The molecule has 0 saturated heterocycles. The van der Waals surface area contributed by atoms with Gasteiger partial charge in [-0.15, -0.1) is 0 Å². The van der Waals surface area contributed by atoms with E-state index >= 15 is 0 Å². The van der Waals surface area contributed by atoms with Crippen LogP contribution in [0.25, 0.3) is 65.3 Å². The molecule has 0 bridgehead atoms. The molecule has 10 aromatic carbocycles. The summed E-state index contributed by atoms with van der Waals surface area (Å²) in [7, 11) is 0. The van der Waals surface area contributed by atoms with Crippen molar-refractivity contribution in [1.82, 2.24) is 0 Å². The maximum atomic E-state index is 2.48. The zero-order valence-electron chi connectivity index (χ0n) is 38.8. The molecule has 2 heteroatoms. The fraction of sp³-hybridized carbons (Fsp3) is 0.0909. The van der Waals surface area contributed by atoms with Crippen molar-refractivity contribution in [3.63, 3.8) is 0 Å². The molecule has 2 aliphatic rings. The van der Waals surface area contributed by atoms with Crippen LogP contribution in [0.4, 0.5) is 28.4 Å². The van der Waals surface area contributed by atoms with Crippen LogP contribution < -0.4 is 9.80 Å². The van der Waals surface area contributed by atoms with Crippen molar-refractivity contribution < 1.29 is 0 Å². The molecule has 0 spiro atoms. The second-order valence-corrected chi connectivity index (χ2v) is 19.3. The Bertz CT molecular complexity index is 3670. The third kappa shape index (κ3) is 7.39. The quantitative estimate of drug-likeness (QED) is 0.140. The van der Waals surface area contributed by atoms with Gasteiger partial charge < -0.3 is 9.80 Å². The first-order valence-corrected chi connectivity index (χ1v) is 23.9. The molecule has 0 amide bonds. The SMILES string of the molecule is CC(C)(C)c1ccc(-c2c3cc(N(c4ccccc4)c4ccc5ccccc5c4)ccc3c(-c3cccc4ccccc34)c3cc(N(C4=CC=C5C=CC=CC5C4)c4ccccc4)ccc23)cc1. The Morgan fingerprint density at radius 1 is 0.412 bits per heavy atom. The van der Waals surface area contributed by atoms with E-state index in [1.807, 2.05) is 0 Å². The molecule has 0 radical (unpaired) electrons. The van der Waals surface area contributed by atoms with E-state index in [2.05, 4.69) is 273 Å². The monoisotopic (exact) mass is 872 g/mol. The molecular weight excluding hydrogens is 821 g/mol. The zero-order valence-corrected chi connectivity index (χ0v) is 38.8. The molecule has 10 aromatic rings. The summed E-state index contributed by atoms with van der Waals surface area (Å²) in [5.74, 6) is 0.337. The van der Waals surface area contributed by atoms with Gasteiger partial charge in [0, 0.05) is 40.1 Å². The van der Waals surface area contributed by atoms with Gasteiger partial charge in [0.1, 0.15) is 0 Å². The molecule has 0 saturated carbocycles. The summed E-state index contributed by atoms with van der Waals surface area (Å²) in [5, 5.41) is 9.76. The molecule has 0 heterocycles. The van der Waals surface area contributed by atoms with Gasteiger partial charge in [0.25, 0.3) is 0 Å². The molecule has 12 rings (SSSR count). The lowest BCUT2D eigenvalue weighted by atomic mass is 9.82. The Kier molecular flexibility index (Phi) is 10.3. The molecule has 0 fully saturated rings. The number of rotatable bonds is 8. The molecule has 326 valence electrons. The van der Waals surface area contributed by atoms with Crippen LogP contribution in [0.2, 0.25) is 0 Å². The van der Waals surface area contributed by atoms with Gasteiger partial charge in [0.2, 0.25) is 0 Å². The summed E-state index contributed by atoms with van der Waals surface area (Å²) in [6.45, 7) is 6.88. The Morgan fingerprint density at radius 2 is 1.00 bits per heavy atom. The highest BCUT2D eigenvalue weighted by Gasteiger charge is 2.26. The number of allylic oxidation sites excluding steroid dienone is 8. The van der Waals surface area contributed by atoms with Crippen LogP contribution in [0.3, 0.4) is 0 Å². The Morgan fingerprint density at radius 3 is 1.74 bits per heavy atom. The van der Waals surface area contributed by atoms with E-state index in [4.69, 9.17) is 0 Å². The fourth-order valence-corrected chi connectivity index (χ4v) is 10.7. The lowest BCUT2D eigenvalue weighted by Gasteiger charge is -2.33. The van der Waals surface area contributed by atoms with E-state index < -0.39 is 0 Å². The molecule has 1 atom stereocenters. The van der Waals surface area contributed by atoms with Crippen LogP contribution in [-0.2, 0) is 5.41 Å². The van der Waals surface area contributed by atoms with Gasteiger partial charge in [-0.3, -0.25) is 0 Å². The van der Waals surface area contributed by atoms with Gasteiger partial charge in [0.15, 0.2) is 0 Å². The van der Waals surface area contributed by atoms with E-state index in [-0.39, 0.29) is 5.41 Å². The Labute approximate surface area is 399 Å². The van der Waals surface area contributed by atoms with Crippen molar-refractivity contribution in [1.29, 1.82) is 0 Å². The molecule has 0 N–H and O–H groups in total. The average molecular weight is 873 g/mol. The Hall–Kier alpha value is -8.20. The lowest BCUT2D eigenvalue weighted by Crippen LogP contribution is -2.21. The van der Waals surface area contributed by atoms with Crippen molar-refractivity contribution in [2.75, 3.05) is 9.80 Å². The van der Waals surface area contributed by atoms with E-state index in [0.29, 0.717) is 5.92 Å². The largest absolute Gasteiger partial charge is 0.314 e. The first-order valence-electron chi connectivity index (χ1n) is 23.9. The maximum absolute atomic E-state index is 2.48. The number of anilines is 5. The predicted molar refractivity (Wildman–Crippen MR) is 292 cm³/mol. The van der Waals surface area contributed by atoms with Crippen LogP contribution in [-0.4, -0.2) is 0 Å². The van der Waals surface area contributed by atoms with Crippen LogP contribution in [0, 0.1) is 5.92 Å². The average Bonchev–Trinajstić information content (AvgIpc) is 3.38. The van der Waals surface area contributed by atoms with Gasteiger partial charge in [-0.25, -0.2) is 0 Å². The number of fused-ring (bicyclic) bond motifs is 5. The number of hydrogen-bond acceptors (Lipinski definition) is 2. The van der Waals surface area contributed by atoms with Crippen molar-refractivity contribution in [2.24, 2.45) is 5.92 Å².